The fraction of sp³-hybridized carbons (Fsp3) is 0.0370. The molecule has 0 aliphatic rings. The molecule has 0 heterocycles. The van der Waals surface area contributed by atoms with E-state index >= 15 is 4.57 Å². The Bertz CT molecular complexity index is 1330. The molecule has 30 heavy (non-hydrogen) atoms. The normalized spacial score (nSPS) is 11.8. The van der Waals surface area contributed by atoms with Gasteiger partial charge in [-0.15, -0.1) is 11.6 Å². The number of alkyl halides is 1. The van der Waals surface area contributed by atoms with Gasteiger partial charge >= 0.3 is 0 Å². The molecule has 5 aromatic rings. The van der Waals surface area contributed by atoms with Gasteiger partial charge in [0.05, 0.1) is 0 Å². The van der Waals surface area contributed by atoms with Gasteiger partial charge in [0.15, 0.2) is 7.14 Å². The van der Waals surface area contributed by atoms with Gasteiger partial charge in [0.25, 0.3) is 0 Å². The third-order valence-electron chi connectivity index (χ3n) is 5.69. The minimum absolute atomic E-state index is 0.315. The van der Waals surface area contributed by atoms with E-state index in [2.05, 4.69) is 36.4 Å². The zero-order valence-electron chi connectivity index (χ0n) is 16.3. The maximum atomic E-state index is 15.4. The first-order valence-corrected chi connectivity index (χ1v) is 12.2. The summed E-state index contributed by atoms with van der Waals surface area (Å²) in [4.78, 5) is 0. The predicted molar refractivity (Wildman–Crippen MR) is 130 cm³/mol. The van der Waals surface area contributed by atoms with Gasteiger partial charge in [-0.25, -0.2) is 0 Å². The highest BCUT2D eigenvalue weighted by atomic mass is 35.5. The summed E-state index contributed by atoms with van der Waals surface area (Å²) in [6.07, 6.45) is 0. The first kappa shape index (κ1) is 19.1. The molecule has 0 saturated heterocycles. The van der Waals surface area contributed by atoms with E-state index in [0.717, 1.165) is 43.0 Å². The van der Waals surface area contributed by atoms with Crippen molar-refractivity contribution in [3.05, 3.63) is 115 Å². The zero-order valence-corrected chi connectivity index (χ0v) is 18.0. The molecular weight excluding hydrogens is 407 g/mol. The van der Waals surface area contributed by atoms with E-state index in [1.54, 1.807) is 0 Å². The van der Waals surface area contributed by atoms with Gasteiger partial charge in [0.2, 0.25) is 0 Å². The Labute approximate surface area is 181 Å². The van der Waals surface area contributed by atoms with Gasteiger partial charge in [-0.2, -0.15) is 0 Å². The lowest BCUT2D eigenvalue weighted by molar-refractivity contribution is 0.592. The lowest BCUT2D eigenvalue weighted by Gasteiger charge is -2.25. The van der Waals surface area contributed by atoms with Crippen LogP contribution in [0.5, 0.6) is 0 Å². The van der Waals surface area contributed by atoms with Crippen LogP contribution in [0.3, 0.4) is 0 Å². The molecule has 0 aliphatic heterocycles. The van der Waals surface area contributed by atoms with Crippen LogP contribution in [-0.2, 0) is 10.4 Å². The monoisotopic (exact) mass is 426 g/mol. The Balaban J connectivity index is 1.96. The highest BCUT2D eigenvalue weighted by Gasteiger charge is 2.34. The third kappa shape index (κ3) is 2.98. The van der Waals surface area contributed by atoms with Crippen molar-refractivity contribution < 1.29 is 4.57 Å². The van der Waals surface area contributed by atoms with Crippen LogP contribution in [0.2, 0.25) is 0 Å². The van der Waals surface area contributed by atoms with Crippen LogP contribution in [0.1, 0.15) is 5.56 Å². The summed E-state index contributed by atoms with van der Waals surface area (Å²) in [5.41, 5.74) is 0.906. The van der Waals surface area contributed by atoms with E-state index in [1.165, 1.54) is 0 Å². The fourth-order valence-corrected chi connectivity index (χ4v) is 7.92. The largest absolute Gasteiger partial charge is 0.309 e. The van der Waals surface area contributed by atoms with Crippen LogP contribution in [-0.4, -0.2) is 0 Å². The summed E-state index contributed by atoms with van der Waals surface area (Å²) in [5.74, 6) is 0.315. The first-order valence-electron chi connectivity index (χ1n) is 9.94. The van der Waals surface area contributed by atoms with Gasteiger partial charge in [0.1, 0.15) is 0 Å². The Kier molecular flexibility index (Phi) is 4.95. The summed E-state index contributed by atoms with van der Waals surface area (Å²) in [7, 11) is -3.21. The molecule has 146 valence electrons. The topological polar surface area (TPSA) is 17.1 Å². The molecule has 0 N–H and O–H groups in total. The highest BCUT2D eigenvalue weighted by Crippen LogP contribution is 2.47. The molecule has 5 aromatic carbocycles. The van der Waals surface area contributed by atoms with Gasteiger partial charge in [-0.1, -0.05) is 109 Å². The van der Waals surface area contributed by atoms with Crippen LogP contribution in [0.4, 0.5) is 0 Å². The van der Waals surface area contributed by atoms with Crippen LogP contribution in [0.15, 0.2) is 109 Å². The smallest absolute Gasteiger partial charge is 0.172 e. The Morgan fingerprint density at radius 3 is 1.53 bits per heavy atom. The van der Waals surface area contributed by atoms with Crippen molar-refractivity contribution in [3.8, 4) is 0 Å². The van der Waals surface area contributed by atoms with Crippen molar-refractivity contribution in [1.29, 1.82) is 0 Å². The second-order valence-corrected chi connectivity index (χ2v) is 10.3. The van der Waals surface area contributed by atoms with E-state index in [-0.39, 0.29) is 0 Å². The second kappa shape index (κ2) is 7.76. The summed E-state index contributed by atoms with van der Waals surface area (Å²) >= 11 is 6.33. The molecular formula is C27H20ClOP. The number of halogens is 1. The van der Waals surface area contributed by atoms with Crippen LogP contribution < -0.4 is 15.9 Å². The standard InChI is InChI=1S/C27H20ClOP/c28-19-22-11-3-6-16-25(22)30(29,26-17-7-12-20-9-1-4-14-23(20)26)27-18-8-13-21-10-2-5-15-24(21)27/h1-18H,19H2. The average Bonchev–Trinajstić information content (AvgIpc) is 2.83. The Morgan fingerprint density at radius 1 is 0.533 bits per heavy atom. The molecule has 1 nitrogen and oxygen atoms in total. The van der Waals surface area contributed by atoms with Gasteiger partial charge in [-0.05, 0) is 27.1 Å². The number of hydrogen-bond acceptors (Lipinski definition) is 1. The van der Waals surface area contributed by atoms with Gasteiger partial charge in [-0.3, -0.25) is 0 Å². The second-order valence-electron chi connectivity index (χ2n) is 7.37. The summed E-state index contributed by atoms with van der Waals surface area (Å²) < 4.78 is 15.4. The van der Waals surface area contributed by atoms with Crippen molar-refractivity contribution in [2.45, 2.75) is 5.88 Å². The minimum atomic E-state index is -3.21. The van der Waals surface area contributed by atoms with E-state index in [9.17, 15) is 0 Å². The Hall–Kier alpha value is -2.86. The Morgan fingerprint density at radius 2 is 0.967 bits per heavy atom. The summed E-state index contributed by atoms with van der Waals surface area (Å²) in [6.45, 7) is 0. The first-order chi connectivity index (χ1) is 14.7. The lowest BCUT2D eigenvalue weighted by Crippen LogP contribution is -2.28. The third-order valence-corrected chi connectivity index (χ3v) is 9.23. The number of fused-ring (bicyclic) bond motifs is 2. The number of hydrogen-bond donors (Lipinski definition) is 0. The molecule has 5 rings (SSSR count). The summed E-state index contributed by atoms with van der Waals surface area (Å²) in [5, 5.41) is 6.72. The number of benzene rings is 5. The highest BCUT2D eigenvalue weighted by molar-refractivity contribution is 7.86. The maximum Gasteiger partial charge on any atom is 0.172 e. The molecule has 0 aliphatic carbocycles. The van der Waals surface area contributed by atoms with E-state index < -0.39 is 7.14 Å². The van der Waals surface area contributed by atoms with E-state index in [1.807, 2.05) is 72.8 Å². The van der Waals surface area contributed by atoms with Crippen LogP contribution in [0, 0.1) is 0 Å². The molecule has 3 heteroatoms. The predicted octanol–water partition coefficient (Wildman–Crippen LogP) is 6.37. The quantitative estimate of drug-likeness (QED) is 0.241. The molecule has 0 saturated carbocycles. The molecule has 0 unspecified atom stereocenters. The van der Waals surface area contributed by atoms with Gasteiger partial charge < -0.3 is 4.57 Å². The van der Waals surface area contributed by atoms with Gasteiger partial charge in [0, 0.05) is 21.8 Å². The van der Waals surface area contributed by atoms with Crippen molar-refractivity contribution in [1.82, 2.24) is 0 Å². The molecule has 0 bridgehead atoms. The maximum absolute atomic E-state index is 15.4. The van der Waals surface area contributed by atoms with Crippen LogP contribution in [0.25, 0.3) is 21.5 Å². The molecule has 0 aromatic heterocycles. The molecule has 0 amide bonds. The summed E-state index contributed by atoms with van der Waals surface area (Å²) in [6, 6.07) is 36.3. The number of rotatable bonds is 4. The van der Waals surface area contributed by atoms with E-state index in [0.29, 0.717) is 5.88 Å². The SMILES string of the molecule is O=P(c1ccccc1CCl)(c1cccc2ccccc12)c1cccc2ccccc12. The minimum Gasteiger partial charge on any atom is -0.309 e. The molecule has 0 spiro atoms. The van der Waals surface area contributed by atoms with Crippen LogP contribution >= 0.6 is 18.7 Å². The average molecular weight is 427 g/mol. The van der Waals surface area contributed by atoms with Crippen molar-refractivity contribution >= 4 is 56.2 Å². The molecule has 0 atom stereocenters. The molecule has 0 fully saturated rings. The lowest BCUT2D eigenvalue weighted by atomic mass is 10.1. The van der Waals surface area contributed by atoms with Crippen molar-refractivity contribution in [3.63, 3.8) is 0 Å². The zero-order chi connectivity index (χ0) is 20.6. The van der Waals surface area contributed by atoms with Crippen molar-refractivity contribution in [2.24, 2.45) is 0 Å². The fourth-order valence-electron chi connectivity index (χ4n) is 4.29. The van der Waals surface area contributed by atoms with E-state index in [4.69, 9.17) is 11.6 Å². The van der Waals surface area contributed by atoms with Crippen molar-refractivity contribution in [2.75, 3.05) is 0 Å². The molecule has 0 radical (unpaired) electrons.